The van der Waals surface area contributed by atoms with E-state index in [-0.39, 0.29) is 16.8 Å². The first-order valence-corrected chi connectivity index (χ1v) is 8.05. The quantitative estimate of drug-likeness (QED) is 0.453. The van der Waals surface area contributed by atoms with Crippen LogP contribution >= 0.6 is 8.03 Å². The molecule has 0 fully saturated rings. The predicted octanol–water partition coefficient (Wildman–Crippen LogP) is 4.37. The maximum Gasteiger partial charge on any atom is 0.189 e. The van der Waals surface area contributed by atoms with Gasteiger partial charge in [-0.05, 0) is 6.42 Å². The summed E-state index contributed by atoms with van der Waals surface area (Å²) >= 11 is 0. The Hall–Kier alpha value is 0.696. The minimum absolute atomic E-state index is 0. The second kappa shape index (κ2) is 15.7. The van der Waals surface area contributed by atoms with Crippen molar-refractivity contribution in [1.82, 2.24) is 0 Å². The first-order chi connectivity index (χ1) is 7.27. The van der Waals surface area contributed by atoms with Crippen LogP contribution in [-0.2, 0) is 21.3 Å². The zero-order valence-electron chi connectivity index (χ0n) is 10.5. The van der Waals surface area contributed by atoms with Crippen LogP contribution in [0.15, 0.2) is 0 Å². The number of rotatable bonds is 11. The van der Waals surface area contributed by atoms with Crippen molar-refractivity contribution < 1.29 is 26.2 Å². The maximum atomic E-state index is 10.4. The molecule has 0 aliphatic rings. The van der Waals surface area contributed by atoms with Gasteiger partial charge in [0.15, 0.2) is 8.03 Å². The van der Waals surface area contributed by atoms with Crippen molar-refractivity contribution >= 4 is 8.03 Å². The Balaban J connectivity index is 0. The van der Waals surface area contributed by atoms with Gasteiger partial charge in [-0.15, -0.1) is 0 Å². The van der Waals surface area contributed by atoms with Gasteiger partial charge in [-0.3, -0.25) is 4.57 Å². The van der Waals surface area contributed by atoms with E-state index < -0.39 is 8.03 Å². The average molecular weight is 293 g/mol. The molecule has 1 atom stereocenters. The summed E-state index contributed by atoms with van der Waals surface area (Å²) in [7, 11) is -2.19. The molecule has 0 aliphatic carbocycles. The third-order valence-corrected chi connectivity index (χ3v) is 3.53. The molecule has 1 unspecified atom stereocenters. The van der Waals surface area contributed by atoms with Crippen molar-refractivity contribution in [2.75, 3.05) is 6.16 Å². The minimum Gasteiger partial charge on any atom is -0.346 e. The van der Waals surface area contributed by atoms with Crippen LogP contribution in [0, 0.1) is 0 Å². The number of unbranched alkanes of at least 4 members (excludes halogenated alkanes) is 9. The predicted molar refractivity (Wildman–Crippen MR) is 67.9 cm³/mol. The monoisotopic (exact) mass is 293 g/mol. The Morgan fingerprint density at radius 3 is 1.56 bits per heavy atom. The fourth-order valence-electron chi connectivity index (χ4n) is 1.76. The fraction of sp³-hybridized carbons (Fsp3) is 1.00. The van der Waals surface area contributed by atoms with Crippen molar-refractivity contribution in [2.45, 2.75) is 71.1 Å². The van der Waals surface area contributed by atoms with Crippen molar-refractivity contribution in [1.29, 1.82) is 0 Å². The molecule has 4 heteroatoms. The van der Waals surface area contributed by atoms with Crippen molar-refractivity contribution in [3.8, 4) is 0 Å². The van der Waals surface area contributed by atoms with E-state index in [1.165, 1.54) is 51.4 Å². The van der Waals surface area contributed by atoms with Gasteiger partial charge in [-0.1, -0.05) is 64.7 Å². The first kappa shape index (κ1) is 19.0. The summed E-state index contributed by atoms with van der Waals surface area (Å²) in [5, 5.41) is 0. The van der Waals surface area contributed by atoms with Gasteiger partial charge in [0.25, 0.3) is 0 Å². The molecule has 0 aliphatic heterocycles. The molecule has 2 nitrogen and oxygen atoms in total. The Bertz CT molecular complexity index is 154. The van der Waals surface area contributed by atoms with Crippen molar-refractivity contribution in [3.05, 3.63) is 0 Å². The van der Waals surface area contributed by atoms with E-state index in [0.717, 1.165) is 12.8 Å². The molecule has 0 saturated carbocycles. The van der Waals surface area contributed by atoms with E-state index in [0.29, 0.717) is 6.16 Å². The Morgan fingerprint density at radius 2 is 1.19 bits per heavy atom. The van der Waals surface area contributed by atoms with Crippen LogP contribution in [0.1, 0.15) is 71.1 Å². The summed E-state index contributed by atoms with van der Waals surface area (Å²) in [4.78, 5) is 8.62. The van der Waals surface area contributed by atoms with Crippen molar-refractivity contribution in [2.24, 2.45) is 0 Å². The molecule has 0 rings (SSSR count). The second-order valence-electron chi connectivity index (χ2n) is 4.33. The van der Waals surface area contributed by atoms with Crippen LogP contribution in [0.2, 0.25) is 0 Å². The van der Waals surface area contributed by atoms with E-state index in [4.69, 9.17) is 4.89 Å². The van der Waals surface area contributed by atoms with Gasteiger partial charge in [-0.25, -0.2) is 0 Å². The van der Waals surface area contributed by atoms with E-state index in [2.05, 4.69) is 6.92 Å². The van der Waals surface area contributed by atoms with Crippen LogP contribution < -0.4 is 0 Å². The summed E-state index contributed by atoms with van der Waals surface area (Å²) in [5.41, 5.74) is 0. The van der Waals surface area contributed by atoms with Crippen LogP contribution in [0.5, 0.6) is 0 Å². The van der Waals surface area contributed by atoms with E-state index in [1.54, 1.807) is 0 Å². The molecule has 0 saturated heterocycles. The summed E-state index contributed by atoms with van der Waals surface area (Å²) in [5.74, 6) is 0. The van der Waals surface area contributed by atoms with Gasteiger partial charge in [-0.2, -0.15) is 0 Å². The van der Waals surface area contributed by atoms with Gasteiger partial charge >= 0.3 is 0 Å². The zero-order valence-corrected chi connectivity index (χ0v) is 12.5. The van der Waals surface area contributed by atoms with Gasteiger partial charge in [0, 0.05) is 22.9 Å². The minimum atomic E-state index is -2.19. The van der Waals surface area contributed by atoms with Gasteiger partial charge in [0.1, 0.15) is 0 Å². The summed E-state index contributed by atoms with van der Waals surface area (Å²) in [6.07, 6.45) is 13.3. The zero-order chi connectivity index (χ0) is 11.4. The summed E-state index contributed by atoms with van der Waals surface area (Å²) in [6.45, 7) is 2.24. The second-order valence-corrected chi connectivity index (χ2v) is 5.61. The standard InChI is InChI=1S/C12H27O2P.Co/c1-2-3-4-5-6-7-8-9-10-11-12-15(13)14;/h15H,2-12H2,1H3,(H,13,14);. The van der Waals surface area contributed by atoms with Crippen LogP contribution in [0.3, 0.4) is 0 Å². The molecule has 0 aromatic carbocycles. The SMILES string of the molecule is CCCCCCCCCCCC[PH](=O)O.[Co]. The third-order valence-electron chi connectivity index (χ3n) is 2.74. The molecular formula is C12H27CoO2P. The summed E-state index contributed by atoms with van der Waals surface area (Å²) in [6, 6.07) is 0. The summed E-state index contributed by atoms with van der Waals surface area (Å²) < 4.78 is 10.4. The molecule has 0 heterocycles. The molecule has 0 amide bonds. The van der Waals surface area contributed by atoms with Gasteiger partial charge < -0.3 is 4.89 Å². The third kappa shape index (κ3) is 17.1. The Kier molecular flexibility index (Phi) is 18.7. The molecule has 0 aromatic heterocycles. The normalized spacial score (nSPS) is 12.1. The fourth-order valence-corrected chi connectivity index (χ4v) is 2.32. The van der Waals surface area contributed by atoms with E-state index >= 15 is 0 Å². The molecule has 0 bridgehead atoms. The molecule has 1 N–H and O–H groups in total. The molecule has 101 valence electrons. The van der Waals surface area contributed by atoms with E-state index in [9.17, 15) is 4.57 Å². The molecule has 0 spiro atoms. The molecular weight excluding hydrogens is 266 g/mol. The first-order valence-electron chi connectivity index (χ1n) is 6.49. The molecule has 1 radical (unpaired) electrons. The largest absolute Gasteiger partial charge is 0.346 e. The Labute approximate surface area is 112 Å². The Morgan fingerprint density at radius 1 is 0.812 bits per heavy atom. The van der Waals surface area contributed by atoms with Crippen LogP contribution in [-0.4, -0.2) is 11.1 Å². The smallest absolute Gasteiger partial charge is 0.189 e. The average Bonchev–Trinajstić information content (AvgIpc) is 2.20. The van der Waals surface area contributed by atoms with Gasteiger partial charge in [0.2, 0.25) is 0 Å². The molecule has 16 heavy (non-hydrogen) atoms. The molecule has 0 aromatic rings. The number of hydrogen-bond donors (Lipinski definition) is 1. The van der Waals surface area contributed by atoms with Crippen LogP contribution in [0.25, 0.3) is 0 Å². The number of hydrogen-bond acceptors (Lipinski definition) is 1. The van der Waals surface area contributed by atoms with Gasteiger partial charge in [0.05, 0.1) is 0 Å². The van der Waals surface area contributed by atoms with E-state index in [1.807, 2.05) is 0 Å². The topological polar surface area (TPSA) is 37.3 Å². The van der Waals surface area contributed by atoms with Crippen molar-refractivity contribution in [3.63, 3.8) is 0 Å². The maximum absolute atomic E-state index is 10.4. The van der Waals surface area contributed by atoms with Crippen LogP contribution in [0.4, 0.5) is 0 Å².